The molecule has 3 N–H and O–H groups in total. The Morgan fingerprint density at radius 3 is 1.88 bits per heavy atom. The molecule has 5 nitrogen and oxygen atoms in total. The van der Waals surface area contributed by atoms with Crippen molar-refractivity contribution in [2.24, 2.45) is 0 Å². The van der Waals surface area contributed by atoms with Crippen molar-refractivity contribution in [2.75, 3.05) is 0 Å². The minimum atomic E-state index is -4.90. The van der Waals surface area contributed by atoms with Crippen molar-refractivity contribution in [1.29, 1.82) is 0 Å². The molecule has 0 spiro atoms. The topological polar surface area (TPSA) is 71.9 Å². The Balaban J connectivity index is 0.00000225. The van der Waals surface area contributed by atoms with E-state index < -0.39 is 9.05 Å². The molecule has 0 aliphatic heterocycles. The Morgan fingerprint density at radius 1 is 0.938 bits per heavy atom. The van der Waals surface area contributed by atoms with Gasteiger partial charge in [-0.05, 0) is 5.56 Å². The first kappa shape index (κ1) is 15.0. The van der Waals surface area contributed by atoms with Gasteiger partial charge in [-0.3, -0.25) is 0 Å². The van der Waals surface area contributed by atoms with Gasteiger partial charge in [0.15, 0.2) is 0 Å². The average Bonchev–Trinajstić information content (AvgIpc) is 2.33. The molecular formula is C7H10F3NO4Si. The third-order valence-corrected chi connectivity index (χ3v) is 2.61. The number of hydrogen-bond acceptors (Lipinski definition) is 5. The average molecular weight is 257 g/mol. The monoisotopic (exact) mass is 257 g/mol. The van der Waals surface area contributed by atoms with Gasteiger partial charge < -0.3 is 10.6 Å². The van der Waals surface area contributed by atoms with Crippen molar-refractivity contribution < 1.29 is 31.9 Å². The summed E-state index contributed by atoms with van der Waals surface area (Å²) in [7, 11) is -4.90. The van der Waals surface area contributed by atoms with Crippen molar-refractivity contribution in [2.45, 2.75) is 6.61 Å². The molecule has 0 atom stereocenters. The van der Waals surface area contributed by atoms with E-state index in [9.17, 15) is 13.6 Å². The van der Waals surface area contributed by atoms with Gasteiger partial charge in [0.2, 0.25) is 0 Å². The van der Waals surface area contributed by atoms with Crippen LogP contribution < -0.4 is 6.15 Å². The summed E-state index contributed by atoms with van der Waals surface area (Å²) < 4.78 is 48.2. The van der Waals surface area contributed by atoms with Crippen LogP contribution in [-0.2, 0) is 24.9 Å². The van der Waals surface area contributed by atoms with Crippen LogP contribution in [0.3, 0.4) is 0 Å². The van der Waals surface area contributed by atoms with E-state index in [4.69, 9.17) is 0 Å². The maximum Gasteiger partial charge on any atom is 0.776 e. The molecule has 1 aromatic carbocycles. The SMILES string of the molecule is FO[Si](OF)(OF)OCc1ccccc1.N. The summed E-state index contributed by atoms with van der Waals surface area (Å²) in [4.78, 5) is 0. The normalized spacial score (nSPS) is 10.9. The first-order valence-electron chi connectivity index (χ1n) is 3.83. The predicted octanol–water partition coefficient (Wildman–Crippen LogP) is 2.50. The second-order valence-corrected chi connectivity index (χ2v) is 4.26. The molecule has 0 aliphatic carbocycles. The Kier molecular flexibility index (Phi) is 6.88. The van der Waals surface area contributed by atoms with Crippen LogP contribution in [0.5, 0.6) is 0 Å². The fraction of sp³-hybridized carbons (Fsp3) is 0.143. The standard InChI is InChI=1S/C7H7F3O4Si.H3N/c8-12-15(13-9,14-10)11-6-7-4-2-1-3-5-7;/h1-5H,6H2;1H3. The highest BCUT2D eigenvalue weighted by Gasteiger charge is 2.52. The van der Waals surface area contributed by atoms with E-state index in [0.717, 1.165) is 0 Å². The van der Waals surface area contributed by atoms with Gasteiger partial charge in [-0.1, -0.05) is 43.9 Å². The van der Waals surface area contributed by atoms with Crippen molar-refractivity contribution in [3.63, 3.8) is 0 Å². The van der Waals surface area contributed by atoms with Crippen LogP contribution in [0.15, 0.2) is 30.3 Å². The lowest BCUT2D eigenvalue weighted by atomic mass is 10.2. The Labute approximate surface area is 90.5 Å². The molecular weight excluding hydrogens is 247 g/mol. The van der Waals surface area contributed by atoms with E-state index in [0.29, 0.717) is 5.56 Å². The summed E-state index contributed by atoms with van der Waals surface area (Å²) >= 11 is 0. The van der Waals surface area contributed by atoms with Crippen LogP contribution in [0, 0.1) is 0 Å². The molecule has 0 radical (unpaired) electrons. The number of rotatable bonds is 6. The number of benzene rings is 1. The van der Waals surface area contributed by atoms with Gasteiger partial charge in [-0.15, -0.1) is 13.9 Å². The molecule has 0 aromatic heterocycles. The Bertz CT molecular complexity index is 280. The highest BCUT2D eigenvalue weighted by molar-refractivity contribution is 6.52. The third-order valence-electron chi connectivity index (χ3n) is 1.54. The molecule has 0 saturated heterocycles. The lowest BCUT2D eigenvalue weighted by molar-refractivity contribution is -0.255. The number of hydrogen-bond donors (Lipinski definition) is 1. The van der Waals surface area contributed by atoms with E-state index >= 15 is 0 Å². The van der Waals surface area contributed by atoms with E-state index in [1.54, 1.807) is 30.3 Å². The minimum Gasteiger partial charge on any atom is -0.344 e. The van der Waals surface area contributed by atoms with Crippen LogP contribution in [0.25, 0.3) is 0 Å². The zero-order chi connectivity index (χ0) is 11.1. The van der Waals surface area contributed by atoms with Crippen LogP contribution in [0.2, 0.25) is 0 Å². The van der Waals surface area contributed by atoms with Crippen LogP contribution >= 0.6 is 0 Å². The van der Waals surface area contributed by atoms with Crippen LogP contribution in [0.1, 0.15) is 5.56 Å². The molecule has 1 rings (SSSR count). The molecule has 0 aliphatic rings. The predicted molar refractivity (Wildman–Crippen MR) is 48.6 cm³/mol. The molecule has 9 heteroatoms. The molecule has 92 valence electrons. The largest absolute Gasteiger partial charge is 0.776 e. The zero-order valence-electron chi connectivity index (χ0n) is 8.07. The first-order valence-corrected chi connectivity index (χ1v) is 5.47. The number of halogens is 3. The highest BCUT2D eigenvalue weighted by atomic mass is 28.4. The summed E-state index contributed by atoms with van der Waals surface area (Å²) in [5, 5.41) is 0. The van der Waals surface area contributed by atoms with Crippen molar-refractivity contribution in [1.82, 2.24) is 6.15 Å². The summed E-state index contributed by atoms with van der Waals surface area (Å²) in [6.45, 7) is -0.301. The second-order valence-electron chi connectivity index (χ2n) is 2.51. The Hall–Kier alpha value is -0.973. The fourth-order valence-corrected chi connectivity index (χ4v) is 1.40. The van der Waals surface area contributed by atoms with E-state index in [1.165, 1.54) is 0 Å². The third kappa shape index (κ3) is 3.88. The highest BCUT2D eigenvalue weighted by Crippen LogP contribution is 2.15. The van der Waals surface area contributed by atoms with Crippen molar-refractivity contribution in [3.8, 4) is 0 Å². The van der Waals surface area contributed by atoms with Gasteiger partial charge in [-0.2, -0.15) is 0 Å². The van der Waals surface area contributed by atoms with Gasteiger partial charge in [0.1, 0.15) is 0 Å². The molecule has 16 heavy (non-hydrogen) atoms. The molecule has 1 aromatic rings. The molecule has 0 bridgehead atoms. The fourth-order valence-electron chi connectivity index (χ4n) is 0.848. The quantitative estimate of drug-likeness (QED) is 0.793. The summed E-state index contributed by atoms with van der Waals surface area (Å²) in [6, 6.07) is 8.29. The van der Waals surface area contributed by atoms with E-state index in [1.807, 2.05) is 0 Å². The molecule has 0 amide bonds. The summed E-state index contributed by atoms with van der Waals surface area (Å²) in [5.74, 6) is 0. The smallest absolute Gasteiger partial charge is 0.344 e. The maximum absolute atomic E-state index is 11.7. The van der Waals surface area contributed by atoms with Gasteiger partial charge in [0, 0.05) is 0 Å². The Morgan fingerprint density at radius 2 is 1.44 bits per heavy atom. The van der Waals surface area contributed by atoms with Crippen LogP contribution in [-0.4, -0.2) is 9.05 Å². The van der Waals surface area contributed by atoms with Crippen molar-refractivity contribution >= 4 is 9.05 Å². The molecule has 0 saturated carbocycles. The lowest BCUT2D eigenvalue weighted by Crippen LogP contribution is -2.42. The van der Waals surface area contributed by atoms with Gasteiger partial charge in [0.05, 0.1) is 6.61 Å². The second kappa shape index (κ2) is 7.32. The summed E-state index contributed by atoms with van der Waals surface area (Å²) in [5.41, 5.74) is 0.556. The summed E-state index contributed by atoms with van der Waals surface area (Å²) in [6.07, 6.45) is 0. The first-order chi connectivity index (χ1) is 7.26. The van der Waals surface area contributed by atoms with Gasteiger partial charge in [-0.25, -0.2) is 0 Å². The molecule has 0 unspecified atom stereocenters. The minimum absolute atomic E-state index is 0. The van der Waals surface area contributed by atoms with E-state index in [-0.39, 0.29) is 12.8 Å². The van der Waals surface area contributed by atoms with Crippen LogP contribution in [0.4, 0.5) is 13.6 Å². The maximum atomic E-state index is 11.7. The van der Waals surface area contributed by atoms with E-state index in [2.05, 4.69) is 18.3 Å². The lowest BCUT2D eigenvalue weighted by Gasteiger charge is -2.13. The van der Waals surface area contributed by atoms with Gasteiger partial charge >= 0.3 is 9.05 Å². The van der Waals surface area contributed by atoms with Crippen molar-refractivity contribution in [3.05, 3.63) is 35.9 Å². The zero-order valence-corrected chi connectivity index (χ0v) is 9.07. The molecule has 0 fully saturated rings. The molecule has 0 heterocycles. The van der Waals surface area contributed by atoms with Gasteiger partial charge in [0.25, 0.3) is 0 Å².